The zero-order chi connectivity index (χ0) is 22.9. The number of aromatic carboxylic acids is 1. The minimum atomic E-state index is -4.65. The molecule has 162 valence electrons. The number of methoxy groups -OCH3 is 2. The molecule has 2 aromatic heterocycles. The van der Waals surface area contributed by atoms with Crippen molar-refractivity contribution in [3.63, 3.8) is 0 Å². The highest BCUT2D eigenvalue weighted by atomic mass is 19.4. The van der Waals surface area contributed by atoms with E-state index in [1.54, 1.807) is 0 Å². The number of alkyl halides is 3. The fourth-order valence-corrected chi connectivity index (χ4v) is 3.05. The van der Waals surface area contributed by atoms with Crippen LogP contribution < -0.4 is 15.0 Å². The highest BCUT2D eigenvalue weighted by Crippen LogP contribution is 2.34. The average Bonchev–Trinajstić information content (AvgIpc) is 2.73. The van der Waals surface area contributed by atoms with Crippen LogP contribution in [0.1, 0.15) is 21.6 Å². The van der Waals surface area contributed by atoms with E-state index in [4.69, 9.17) is 9.47 Å². The van der Waals surface area contributed by atoms with Crippen LogP contribution in [0.15, 0.2) is 41.3 Å². The Hall–Kier alpha value is -3.89. The van der Waals surface area contributed by atoms with E-state index < -0.39 is 28.8 Å². The molecule has 1 aromatic carbocycles. The maximum atomic E-state index is 13.2. The Bertz CT molecular complexity index is 1220. The van der Waals surface area contributed by atoms with Crippen LogP contribution in [-0.2, 0) is 6.18 Å². The van der Waals surface area contributed by atoms with Crippen LogP contribution in [0.4, 0.5) is 13.2 Å². The quantitative estimate of drug-likeness (QED) is 0.656. The first-order chi connectivity index (χ1) is 14.6. The normalized spacial score (nSPS) is 11.3. The number of ether oxygens (including phenoxy) is 2. The predicted octanol–water partition coefficient (Wildman–Crippen LogP) is 3.34. The molecular formula is C20H16F3N3O5. The number of pyridine rings is 1. The lowest BCUT2D eigenvalue weighted by atomic mass is 10.0. The van der Waals surface area contributed by atoms with Crippen molar-refractivity contribution in [2.45, 2.75) is 13.1 Å². The number of hydrogen-bond acceptors (Lipinski definition) is 6. The standard InChI is InChI=1S/C20H16F3N3O5/c1-10-13(15-9-24-19(31-3)25-16(15)30-2)8-14(18(28)29)17(27)26(10)12-6-4-5-11(7-12)20(21,22)23/h4-9H,1-3H3,(H,28,29). The average molecular weight is 435 g/mol. The molecule has 11 heteroatoms. The molecular weight excluding hydrogens is 419 g/mol. The topological polar surface area (TPSA) is 104 Å². The molecule has 0 saturated carbocycles. The second-order valence-electron chi connectivity index (χ2n) is 6.33. The molecule has 0 unspecified atom stereocenters. The smallest absolute Gasteiger partial charge is 0.416 e. The van der Waals surface area contributed by atoms with E-state index >= 15 is 0 Å². The monoisotopic (exact) mass is 435 g/mol. The van der Waals surface area contributed by atoms with Gasteiger partial charge in [0.15, 0.2) is 0 Å². The maximum absolute atomic E-state index is 13.2. The highest BCUT2D eigenvalue weighted by molar-refractivity contribution is 5.90. The summed E-state index contributed by atoms with van der Waals surface area (Å²) >= 11 is 0. The fourth-order valence-electron chi connectivity index (χ4n) is 3.05. The molecule has 0 spiro atoms. The lowest BCUT2D eigenvalue weighted by Crippen LogP contribution is -2.27. The molecule has 0 aliphatic carbocycles. The van der Waals surface area contributed by atoms with Gasteiger partial charge >= 0.3 is 18.2 Å². The van der Waals surface area contributed by atoms with Gasteiger partial charge in [-0.15, -0.1) is 0 Å². The summed E-state index contributed by atoms with van der Waals surface area (Å²) in [4.78, 5) is 32.6. The summed E-state index contributed by atoms with van der Waals surface area (Å²) in [7, 11) is 2.66. The van der Waals surface area contributed by atoms with Crippen LogP contribution in [0.5, 0.6) is 11.9 Å². The van der Waals surface area contributed by atoms with Crippen LogP contribution in [0.3, 0.4) is 0 Å². The van der Waals surface area contributed by atoms with E-state index in [-0.39, 0.29) is 34.4 Å². The number of carbonyl (C=O) groups is 1. The van der Waals surface area contributed by atoms with Gasteiger partial charge in [-0.05, 0) is 31.2 Å². The van der Waals surface area contributed by atoms with Crippen molar-refractivity contribution in [3.8, 4) is 28.7 Å². The summed E-state index contributed by atoms with van der Waals surface area (Å²) in [5.41, 5.74) is -2.17. The van der Waals surface area contributed by atoms with Crippen molar-refractivity contribution in [2.75, 3.05) is 14.2 Å². The van der Waals surface area contributed by atoms with Crippen molar-refractivity contribution < 1.29 is 32.5 Å². The van der Waals surface area contributed by atoms with E-state index in [0.717, 1.165) is 28.8 Å². The Labute approximate surface area is 173 Å². The third-order valence-electron chi connectivity index (χ3n) is 4.51. The molecule has 0 aliphatic heterocycles. The zero-order valence-electron chi connectivity index (χ0n) is 16.5. The van der Waals surface area contributed by atoms with Crippen LogP contribution >= 0.6 is 0 Å². The first-order valence-electron chi connectivity index (χ1n) is 8.71. The lowest BCUT2D eigenvalue weighted by molar-refractivity contribution is -0.137. The molecule has 0 saturated heterocycles. The van der Waals surface area contributed by atoms with E-state index in [1.807, 2.05) is 0 Å². The molecule has 2 heterocycles. The lowest BCUT2D eigenvalue weighted by Gasteiger charge is -2.18. The summed E-state index contributed by atoms with van der Waals surface area (Å²) in [5.74, 6) is -1.51. The number of benzene rings is 1. The van der Waals surface area contributed by atoms with Crippen LogP contribution in [-0.4, -0.2) is 39.8 Å². The number of carboxylic acid groups (broad SMARTS) is 1. The van der Waals surface area contributed by atoms with E-state index in [2.05, 4.69) is 9.97 Å². The van der Waals surface area contributed by atoms with Crippen molar-refractivity contribution in [1.29, 1.82) is 0 Å². The molecule has 0 bridgehead atoms. The number of rotatable bonds is 5. The molecule has 8 nitrogen and oxygen atoms in total. The van der Waals surface area contributed by atoms with Gasteiger partial charge in [-0.2, -0.15) is 18.2 Å². The van der Waals surface area contributed by atoms with Crippen LogP contribution in [0, 0.1) is 6.92 Å². The molecule has 0 aliphatic rings. The molecule has 3 aromatic rings. The van der Waals surface area contributed by atoms with E-state index in [1.165, 1.54) is 33.4 Å². The Morgan fingerprint density at radius 3 is 2.42 bits per heavy atom. The second-order valence-corrected chi connectivity index (χ2v) is 6.33. The SMILES string of the molecule is COc1ncc(-c2cc(C(=O)O)c(=O)n(-c3cccc(C(F)(F)F)c3)c2C)c(OC)n1. The van der Waals surface area contributed by atoms with Crippen molar-refractivity contribution in [3.05, 3.63) is 63.7 Å². The third kappa shape index (κ3) is 4.06. The molecule has 0 radical (unpaired) electrons. The Kier molecular flexibility index (Phi) is 5.69. The maximum Gasteiger partial charge on any atom is 0.416 e. The Morgan fingerprint density at radius 1 is 1.13 bits per heavy atom. The molecule has 0 atom stereocenters. The number of aromatic nitrogens is 3. The van der Waals surface area contributed by atoms with Crippen LogP contribution in [0.25, 0.3) is 16.8 Å². The van der Waals surface area contributed by atoms with Gasteiger partial charge in [0, 0.05) is 23.1 Å². The van der Waals surface area contributed by atoms with Crippen molar-refractivity contribution >= 4 is 5.97 Å². The van der Waals surface area contributed by atoms with Gasteiger partial charge in [-0.3, -0.25) is 9.36 Å². The zero-order valence-corrected chi connectivity index (χ0v) is 16.5. The number of hydrogen-bond donors (Lipinski definition) is 1. The van der Waals surface area contributed by atoms with Gasteiger partial charge in [0.2, 0.25) is 5.88 Å². The first kappa shape index (κ1) is 21.8. The molecule has 31 heavy (non-hydrogen) atoms. The van der Waals surface area contributed by atoms with Crippen molar-refractivity contribution in [1.82, 2.24) is 14.5 Å². The number of nitrogens with zero attached hydrogens (tertiary/aromatic N) is 3. The van der Waals surface area contributed by atoms with E-state index in [0.29, 0.717) is 0 Å². The molecule has 0 amide bonds. The minimum absolute atomic E-state index is 0.0112. The van der Waals surface area contributed by atoms with Gasteiger partial charge in [-0.25, -0.2) is 9.78 Å². The highest BCUT2D eigenvalue weighted by Gasteiger charge is 2.31. The minimum Gasteiger partial charge on any atom is -0.480 e. The molecule has 3 rings (SSSR count). The van der Waals surface area contributed by atoms with Gasteiger partial charge in [0.1, 0.15) is 5.56 Å². The molecule has 1 N–H and O–H groups in total. The summed E-state index contributed by atoms with van der Waals surface area (Å²) in [6.07, 6.45) is -3.34. The first-order valence-corrected chi connectivity index (χ1v) is 8.71. The largest absolute Gasteiger partial charge is 0.480 e. The van der Waals surface area contributed by atoms with Gasteiger partial charge < -0.3 is 14.6 Å². The Balaban J connectivity index is 2.37. The predicted molar refractivity (Wildman–Crippen MR) is 103 cm³/mol. The number of carboxylic acids is 1. The summed E-state index contributed by atoms with van der Waals surface area (Å²) in [6.45, 7) is 1.46. The summed E-state index contributed by atoms with van der Waals surface area (Å²) in [5, 5.41) is 9.52. The van der Waals surface area contributed by atoms with Gasteiger partial charge in [0.05, 0.1) is 25.3 Å². The molecule has 0 fully saturated rings. The van der Waals surface area contributed by atoms with Gasteiger partial charge in [0.25, 0.3) is 5.56 Å². The third-order valence-corrected chi connectivity index (χ3v) is 4.51. The van der Waals surface area contributed by atoms with E-state index in [9.17, 15) is 27.9 Å². The fraction of sp³-hybridized carbons (Fsp3) is 0.200. The summed E-state index contributed by atoms with van der Waals surface area (Å²) < 4.78 is 50.6. The number of halogens is 3. The summed E-state index contributed by atoms with van der Waals surface area (Å²) in [6, 6.07) is 5.13. The Morgan fingerprint density at radius 2 is 1.84 bits per heavy atom. The second kappa shape index (κ2) is 8.09. The van der Waals surface area contributed by atoms with Crippen molar-refractivity contribution in [2.24, 2.45) is 0 Å². The van der Waals surface area contributed by atoms with Gasteiger partial charge in [-0.1, -0.05) is 6.07 Å². The van der Waals surface area contributed by atoms with Crippen LogP contribution in [0.2, 0.25) is 0 Å².